The van der Waals surface area contributed by atoms with Crippen LogP contribution in [0, 0.1) is 20.2 Å². The standard InChI is InChI=1S/C11H10N2O6/c1-8(14)19-7-11(13(17)18)6-9-2-4-10(5-3-9)12(15)16/h2-6H,7H2,1H3. The third-order valence-electron chi connectivity index (χ3n) is 2.10. The molecule has 0 fully saturated rings. The second-order valence-electron chi connectivity index (χ2n) is 3.52. The number of nitro benzene ring substituents is 1. The first-order chi connectivity index (χ1) is 8.90. The van der Waals surface area contributed by atoms with Gasteiger partial charge in [0.1, 0.15) is 0 Å². The first kappa shape index (κ1) is 14.3. The molecule has 0 aromatic heterocycles. The number of carbonyl (C=O) groups excluding carboxylic acids is 1. The predicted molar refractivity (Wildman–Crippen MR) is 64.7 cm³/mol. The van der Waals surface area contributed by atoms with Crippen molar-refractivity contribution >= 4 is 17.7 Å². The van der Waals surface area contributed by atoms with Crippen LogP contribution in [0.3, 0.4) is 0 Å². The molecular formula is C11H10N2O6. The molecule has 0 unspecified atom stereocenters. The predicted octanol–water partition coefficient (Wildman–Crippen LogP) is 1.78. The summed E-state index contributed by atoms with van der Waals surface area (Å²) in [7, 11) is 0. The van der Waals surface area contributed by atoms with E-state index < -0.39 is 22.4 Å². The molecule has 0 aliphatic carbocycles. The fourth-order valence-electron chi connectivity index (χ4n) is 1.21. The Kier molecular flexibility index (Phi) is 4.69. The van der Waals surface area contributed by atoms with Gasteiger partial charge in [-0.05, 0) is 17.7 Å². The molecule has 8 heteroatoms. The number of hydrogen-bond donors (Lipinski definition) is 0. The minimum Gasteiger partial charge on any atom is -0.454 e. The number of esters is 1. The normalized spacial score (nSPS) is 10.9. The van der Waals surface area contributed by atoms with Crippen LogP contribution >= 0.6 is 0 Å². The summed E-state index contributed by atoms with van der Waals surface area (Å²) in [4.78, 5) is 30.5. The van der Waals surface area contributed by atoms with Crippen LogP contribution in [-0.2, 0) is 9.53 Å². The zero-order valence-corrected chi connectivity index (χ0v) is 9.94. The number of nitro groups is 2. The molecule has 0 aliphatic heterocycles. The highest BCUT2D eigenvalue weighted by Crippen LogP contribution is 2.14. The van der Waals surface area contributed by atoms with Crippen molar-refractivity contribution in [1.82, 2.24) is 0 Å². The third kappa shape index (κ3) is 4.54. The zero-order chi connectivity index (χ0) is 14.4. The average Bonchev–Trinajstić information content (AvgIpc) is 2.34. The van der Waals surface area contributed by atoms with Gasteiger partial charge < -0.3 is 4.74 Å². The van der Waals surface area contributed by atoms with E-state index >= 15 is 0 Å². The van der Waals surface area contributed by atoms with E-state index in [1.807, 2.05) is 0 Å². The van der Waals surface area contributed by atoms with Crippen molar-refractivity contribution in [3.05, 3.63) is 55.8 Å². The molecule has 0 saturated carbocycles. The monoisotopic (exact) mass is 266 g/mol. The van der Waals surface area contributed by atoms with Crippen LogP contribution in [0.15, 0.2) is 30.0 Å². The Labute approximate surface area is 107 Å². The maximum absolute atomic E-state index is 10.7. The van der Waals surface area contributed by atoms with Crippen molar-refractivity contribution in [2.75, 3.05) is 6.61 Å². The Hall–Kier alpha value is -2.77. The minimum absolute atomic E-state index is 0.111. The Bertz CT molecular complexity index is 535. The lowest BCUT2D eigenvalue weighted by molar-refractivity contribution is -0.428. The smallest absolute Gasteiger partial charge is 0.303 e. The molecule has 0 saturated heterocycles. The summed E-state index contributed by atoms with van der Waals surface area (Å²) in [5, 5.41) is 21.2. The highest BCUT2D eigenvalue weighted by atomic mass is 16.6. The maximum Gasteiger partial charge on any atom is 0.303 e. The van der Waals surface area contributed by atoms with Crippen molar-refractivity contribution in [2.24, 2.45) is 0 Å². The van der Waals surface area contributed by atoms with E-state index in [-0.39, 0.29) is 11.4 Å². The molecule has 8 nitrogen and oxygen atoms in total. The molecule has 0 radical (unpaired) electrons. The lowest BCUT2D eigenvalue weighted by Gasteiger charge is -2.00. The fourth-order valence-corrected chi connectivity index (χ4v) is 1.21. The number of nitrogens with zero attached hydrogens (tertiary/aromatic N) is 2. The molecule has 100 valence electrons. The van der Waals surface area contributed by atoms with Crippen LogP contribution in [0.1, 0.15) is 12.5 Å². The summed E-state index contributed by atoms with van der Waals surface area (Å²) >= 11 is 0. The highest BCUT2D eigenvalue weighted by molar-refractivity contribution is 5.66. The Morgan fingerprint density at radius 1 is 1.26 bits per heavy atom. The van der Waals surface area contributed by atoms with Crippen LogP contribution in [0.5, 0.6) is 0 Å². The van der Waals surface area contributed by atoms with Crippen LogP contribution in [0.25, 0.3) is 6.08 Å². The van der Waals surface area contributed by atoms with Crippen LogP contribution < -0.4 is 0 Å². The molecule has 0 heterocycles. The Balaban J connectivity index is 2.92. The Morgan fingerprint density at radius 3 is 2.26 bits per heavy atom. The molecule has 0 bridgehead atoms. The third-order valence-corrected chi connectivity index (χ3v) is 2.10. The minimum atomic E-state index is -0.676. The lowest BCUT2D eigenvalue weighted by atomic mass is 10.2. The summed E-state index contributed by atoms with van der Waals surface area (Å²) in [5.41, 5.74) is -0.0201. The van der Waals surface area contributed by atoms with E-state index in [1.165, 1.54) is 30.3 Å². The summed E-state index contributed by atoms with van der Waals surface area (Å²) in [6.07, 6.45) is 1.19. The van der Waals surface area contributed by atoms with Gasteiger partial charge in [-0.25, -0.2) is 0 Å². The van der Waals surface area contributed by atoms with Crippen LogP contribution in [-0.4, -0.2) is 22.4 Å². The molecular weight excluding hydrogens is 256 g/mol. The van der Waals surface area contributed by atoms with E-state index in [2.05, 4.69) is 4.74 Å². The molecule has 0 N–H and O–H groups in total. The van der Waals surface area contributed by atoms with Crippen molar-refractivity contribution < 1.29 is 19.4 Å². The summed E-state index contributed by atoms with van der Waals surface area (Å²) < 4.78 is 4.54. The molecule has 0 aliphatic rings. The van der Waals surface area contributed by atoms with Crippen molar-refractivity contribution in [3.63, 3.8) is 0 Å². The van der Waals surface area contributed by atoms with Gasteiger partial charge in [-0.1, -0.05) is 0 Å². The zero-order valence-electron chi connectivity index (χ0n) is 9.94. The van der Waals surface area contributed by atoms with Gasteiger partial charge in [0.2, 0.25) is 0 Å². The number of non-ortho nitro benzene ring substituents is 1. The number of rotatable bonds is 5. The second kappa shape index (κ2) is 6.24. The van der Waals surface area contributed by atoms with Crippen LogP contribution in [0.2, 0.25) is 0 Å². The highest BCUT2D eigenvalue weighted by Gasteiger charge is 2.13. The topological polar surface area (TPSA) is 113 Å². The average molecular weight is 266 g/mol. The van der Waals surface area contributed by atoms with Gasteiger partial charge in [0, 0.05) is 25.1 Å². The van der Waals surface area contributed by atoms with Crippen LogP contribution in [0.4, 0.5) is 5.69 Å². The van der Waals surface area contributed by atoms with Gasteiger partial charge >= 0.3 is 5.97 Å². The van der Waals surface area contributed by atoms with E-state index in [0.29, 0.717) is 5.56 Å². The first-order valence-electron chi connectivity index (χ1n) is 5.13. The molecule has 0 atom stereocenters. The van der Waals surface area contributed by atoms with Crippen molar-refractivity contribution in [3.8, 4) is 0 Å². The SMILES string of the molecule is CC(=O)OCC(=Cc1ccc([N+](=O)[O-])cc1)[N+](=O)[O-]. The molecule has 1 aromatic carbocycles. The van der Waals surface area contributed by atoms with E-state index in [4.69, 9.17) is 0 Å². The molecule has 19 heavy (non-hydrogen) atoms. The van der Waals surface area contributed by atoms with Crippen molar-refractivity contribution in [1.29, 1.82) is 0 Å². The first-order valence-corrected chi connectivity index (χ1v) is 5.13. The van der Waals surface area contributed by atoms with Crippen molar-refractivity contribution in [2.45, 2.75) is 6.92 Å². The number of hydrogen-bond acceptors (Lipinski definition) is 6. The van der Waals surface area contributed by atoms with E-state index in [1.54, 1.807) is 0 Å². The summed E-state index contributed by atoms with van der Waals surface area (Å²) in [6.45, 7) is 0.683. The number of benzene rings is 1. The summed E-state index contributed by atoms with van der Waals surface area (Å²) in [6, 6.07) is 5.20. The quantitative estimate of drug-likeness (QED) is 0.456. The number of carbonyl (C=O) groups is 1. The van der Waals surface area contributed by atoms with Gasteiger partial charge in [-0.15, -0.1) is 0 Å². The summed E-state index contributed by atoms with van der Waals surface area (Å²) in [5.74, 6) is -0.628. The maximum atomic E-state index is 10.7. The fraction of sp³-hybridized carbons (Fsp3) is 0.182. The van der Waals surface area contributed by atoms with Gasteiger partial charge in [0.15, 0.2) is 6.61 Å². The molecule has 0 spiro atoms. The molecule has 1 rings (SSSR count). The molecule has 0 amide bonds. The lowest BCUT2D eigenvalue weighted by Crippen LogP contribution is -2.09. The second-order valence-corrected chi connectivity index (χ2v) is 3.52. The van der Waals surface area contributed by atoms with Gasteiger partial charge in [0.25, 0.3) is 11.4 Å². The van der Waals surface area contributed by atoms with Gasteiger partial charge in [-0.2, -0.15) is 0 Å². The molecule has 1 aromatic rings. The Morgan fingerprint density at radius 2 is 1.84 bits per heavy atom. The number of ether oxygens (including phenoxy) is 1. The largest absolute Gasteiger partial charge is 0.454 e. The van der Waals surface area contributed by atoms with Gasteiger partial charge in [0.05, 0.1) is 9.85 Å². The van der Waals surface area contributed by atoms with Gasteiger partial charge in [-0.3, -0.25) is 25.0 Å². The van der Waals surface area contributed by atoms with E-state index in [0.717, 1.165) is 6.92 Å². The van der Waals surface area contributed by atoms with E-state index in [9.17, 15) is 25.0 Å².